The molecule has 0 aliphatic heterocycles. The van der Waals surface area contributed by atoms with Crippen LogP contribution in [0.15, 0.2) is 47.1 Å². The molecule has 0 fully saturated rings. The van der Waals surface area contributed by atoms with Crippen LogP contribution in [0.4, 0.5) is 0 Å². The average Bonchev–Trinajstić information content (AvgIpc) is 2.75. The fourth-order valence-corrected chi connectivity index (χ4v) is 8.99. The summed E-state index contributed by atoms with van der Waals surface area (Å²) >= 11 is 0. The third-order valence-corrected chi connectivity index (χ3v) is 10.5. The minimum absolute atomic E-state index is 0.0407. The second kappa shape index (κ2) is 7.47. The number of rotatable bonds is 5. The third-order valence-electron chi connectivity index (χ3n) is 6.41. The van der Waals surface area contributed by atoms with E-state index in [0.717, 1.165) is 5.75 Å². The van der Waals surface area contributed by atoms with Gasteiger partial charge < -0.3 is 4.74 Å². The van der Waals surface area contributed by atoms with E-state index in [-0.39, 0.29) is 5.41 Å². The Labute approximate surface area is 168 Å². The van der Waals surface area contributed by atoms with E-state index in [1.807, 2.05) is 6.08 Å². The van der Waals surface area contributed by atoms with E-state index < -0.39 is 8.07 Å². The first-order valence-electron chi connectivity index (χ1n) is 10.1. The SMILES string of the molecule is C=CCOc1c(C(C)(C)C)cc(C)cc1[Si](C)(C)C1C(C)=C(C)C(C)=C1C. The summed E-state index contributed by atoms with van der Waals surface area (Å²) in [4.78, 5) is 0. The first kappa shape index (κ1) is 21.8. The van der Waals surface area contributed by atoms with Crippen LogP contribution in [0, 0.1) is 6.92 Å². The molecule has 0 radical (unpaired) electrons. The first-order valence-corrected chi connectivity index (χ1v) is 13.2. The Kier molecular flexibility index (Phi) is 6.01. The van der Waals surface area contributed by atoms with Crippen molar-refractivity contribution < 1.29 is 4.74 Å². The molecule has 0 amide bonds. The van der Waals surface area contributed by atoms with Crippen LogP contribution in [0.5, 0.6) is 5.75 Å². The molecular weight excluding hydrogens is 344 g/mol. The molecule has 148 valence electrons. The first-order chi connectivity index (χ1) is 12.3. The molecule has 1 nitrogen and oxygen atoms in total. The Hall–Kier alpha value is -1.54. The van der Waals surface area contributed by atoms with Gasteiger partial charge in [-0.1, -0.05) is 75.4 Å². The summed E-state index contributed by atoms with van der Waals surface area (Å²) < 4.78 is 6.35. The predicted molar refractivity (Wildman–Crippen MR) is 123 cm³/mol. The quantitative estimate of drug-likeness (QED) is 0.400. The molecule has 0 unspecified atom stereocenters. The van der Waals surface area contributed by atoms with Gasteiger partial charge in [-0.25, -0.2) is 0 Å². The minimum Gasteiger partial charge on any atom is -0.489 e. The molecule has 0 heterocycles. The van der Waals surface area contributed by atoms with Crippen molar-refractivity contribution in [2.75, 3.05) is 6.61 Å². The van der Waals surface area contributed by atoms with E-state index in [1.54, 1.807) is 11.1 Å². The Morgan fingerprint density at radius 1 is 1.00 bits per heavy atom. The van der Waals surface area contributed by atoms with E-state index in [0.29, 0.717) is 12.1 Å². The molecule has 0 spiro atoms. The summed E-state index contributed by atoms with van der Waals surface area (Å²) in [6.07, 6.45) is 1.85. The van der Waals surface area contributed by atoms with E-state index >= 15 is 0 Å². The highest BCUT2D eigenvalue weighted by molar-refractivity contribution is 6.92. The van der Waals surface area contributed by atoms with Crippen molar-refractivity contribution in [3.05, 3.63) is 58.2 Å². The molecule has 0 aromatic heterocycles. The summed E-state index contributed by atoms with van der Waals surface area (Å²) in [5, 5.41) is 1.44. The molecule has 2 rings (SSSR count). The maximum absolute atomic E-state index is 6.35. The number of aryl methyl sites for hydroxylation is 1. The van der Waals surface area contributed by atoms with E-state index in [2.05, 4.69) is 87.2 Å². The lowest BCUT2D eigenvalue weighted by Crippen LogP contribution is -2.48. The normalized spacial score (nSPS) is 16.4. The van der Waals surface area contributed by atoms with Gasteiger partial charge in [-0.2, -0.15) is 0 Å². The van der Waals surface area contributed by atoms with Crippen molar-refractivity contribution in [3.63, 3.8) is 0 Å². The van der Waals surface area contributed by atoms with Crippen LogP contribution in [0.3, 0.4) is 0 Å². The fourth-order valence-electron chi connectivity index (χ4n) is 4.69. The zero-order chi connectivity index (χ0) is 20.7. The monoisotopic (exact) mass is 382 g/mol. The number of hydrogen-bond donors (Lipinski definition) is 0. The summed E-state index contributed by atoms with van der Waals surface area (Å²) in [5.74, 6) is 1.10. The molecule has 0 atom stereocenters. The van der Waals surface area contributed by atoms with Gasteiger partial charge in [0.1, 0.15) is 12.4 Å². The predicted octanol–water partition coefficient (Wildman–Crippen LogP) is 6.83. The van der Waals surface area contributed by atoms with Gasteiger partial charge in [-0.15, -0.1) is 0 Å². The van der Waals surface area contributed by atoms with Crippen molar-refractivity contribution in [1.29, 1.82) is 0 Å². The second-order valence-corrected chi connectivity index (χ2v) is 14.4. The van der Waals surface area contributed by atoms with Crippen LogP contribution in [-0.2, 0) is 5.41 Å². The van der Waals surface area contributed by atoms with E-state index in [1.165, 1.54) is 27.5 Å². The van der Waals surface area contributed by atoms with Crippen LogP contribution in [0.1, 0.15) is 59.6 Å². The molecule has 0 saturated heterocycles. The Bertz CT molecular complexity index is 791. The Morgan fingerprint density at radius 2 is 1.52 bits per heavy atom. The van der Waals surface area contributed by atoms with Gasteiger partial charge in [0, 0.05) is 5.54 Å². The molecular formula is C25H38OSi. The average molecular weight is 383 g/mol. The molecule has 1 aliphatic carbocycles. The number of allylic oxidation sites excluding steroid dienone is 4. The molecule has 1 aromatic rings. The maximum Gasteiger partial charge on any atom is 0.122 e. The van der Waals surface area contributed by atoms with Crippen LogP contribution >= 0.6 is 0 Å². The van der Waals surface area contributed by atoms with Crippen molar-refractivity contribution >= 4 is 13.3 Å². The Morgan fingerprint density at radius 3 is 1.96 bits per heavy atom. The van der Waals surface area contributed by atoms with Gasteiger partial charge in [-0.3, -0.25) is 0 Å². The van der Waals surface area contributed by atoms with Crippen molar-refractivity contribution in [1.82, 2.24) is 0 Å². The molecule has 27 heavy (non-hydrogen) atoms. The number of benzene rings is 1. The maximum atomic E-state index is 6.35. The molecule has 0 saturated carbocycles. The van der Waals surface area contributed by atoms with Crippen LogP contribution < -0.4 is 9.92 Å². The number of hydrogen-bond acceptors (Lipinski definition) is 1. The molecule has 2 heteroatoms. The summed E-state index contributed by atoms with van der Waals surface area (Å²) in [6, 6.07) is 4.70. The van der Waals surface area contributed by atoms with E-state index in [9.17, 15) is 0 Å². The molecule has 1 aliphatic rings. The highest BCUT2D eigenvalue weighted by Gasteiger charge is 2.42. The summed E-state index contributed by atoms with van der Waals surface area (Å²) in [7, 11) is -1.87. The molecule has 0 N–H and O–H groups in total. The van der Waals surface area contributed by atoms with Gasteiger partial charge >= 0.3 is 0 Å². The lowest BCUT2D eigenvalue weighted by molar-refractivity contribution is 0.353. The van der Waals surface area contributed by atoms with Crippen LogP contribution in [0.2, 0.25) is 18.6 Å². The van der Waals surface area contributed by atoms with Gasteiger partial charge in [-0.05, 0) is 61.9 Å². The zero-order valence-electron chi connectivity index (χ0n) is 19.1. The highest BCUT2D eigenvalue weighted by Crippen LogP contribution is 2.47. The summed E-state index contributed by atoms with van der Waals surface area (Å²) in [6.45, 7) is 27.7. The second-order valence-electron chi connectivity index (χ2n) is 9.81. The van der Waals surface area contributed by atoms with Crippen molar-refractivity contribution in [2.24, 2.45) is 0 Å². The van der Waals surface area contributed by atoms with Crippen molar-refractivity contribution in [3.8, 4) is 5.75 Å². The fraction of sp³-hybridized carbons (Fsp3) is 0.520. The van der Waals surface area contributed by atoms with E-state index in [4.69, 9.17) is 4.74 Å². The highest BCUT2D eigenvalue weighted by atomic mass is 28.3. The van der Waals surface area contributed by atoms with Crippen LogP contribution in [-0.4, -0.2) is 14.7 Å². The lowest BCUT2D eigenvalue weighted by Gasteiger charge is -2.36. The zero-order valence-corrected chi connectivity index (χ0v) is 20.1. The standard InChI is InChI=1S/C25H38OSi/c1-12-13-26-23-21(25(7,8)9)14-16(2)15-22(23)27(10,11)24-19(5)17(3)18(4)20(24)6/h12,14-15,24H,1,13H2,2-11H3. The van der Waals surface area contributed by atoms with Crippen LogP contribution in [0.25, 0.3) is 0 Å². The van der Waals surface area contributed by atoms with Gasteiger partial charge in [0.15, 0.2) is 0 Å². The van der Waals surface area contributed by atoms with Gasteiger partial charge in [0.05, 0.1) is 8.07 Å². The third kappa shape index (κ3) is 3.87. The van der Waals surface area contributed by atoms with Gasteiger partial charge in [0.25, 0.3) is 0 Å². The smallest absolute Gasteiger partial charge is 0.122 e. The molecule has 1 aromatic carbocycles. The number of ether oxygens (including phenoxy) is 1. The molecule has 0 bridgehead atoms. The lowest BCUT2D eigenvalue weighted by atomic mass is 9.85. The topological polar surface area (TPSA) is 9.23 Å². The van der Waals surface area contributed by atoms with Gasteiger partial charge in [0.2, 0.25) is 0 Å². The largest absolute Gasteiger partial charge is 0.489 e. The minimum atomic E-state index is -1.87. The van der Waals surface area contributed by atoms with Crippen molar-refractivity contribution in [2.45, 2.75) is 79.4 Å². The Balaban J connectivity index is 2.76. The summed E-state index contributed by atoms with van der Waals surface area (Å²) in [5.41, 5.74) is 9.29.